The minimum absolute atomic E-state index is 0.776. The van der Waals surface area contributed by atoms with Crippen LogP contribution in [0, 0.1) is 12.8 Å². The molecule has 1 fully saturated rings. The van der Waals surface area contributed by atoms with Gasteiger partial charge in [-0.1, -0.05) is 6.07 Å². The molecule has 0 aromatic carbocycles. The Balaban J connectivity index is 1.94. The molecule has 1 aromatic heterocycles. The molecule has 1 atom stereocenters. The second-order valence-corrected chi connectivity index (χ2v) is 4.43. The average Bonchev–Trinajstić information content (AvgIpc) is 2.71. The van der Waals surface area contributed by atoms with Crippen LogP contribution < -0.4 is 10.2 Å². The first-order valence-corrected chi connectivity index (χ1v) is 5.60. The van der Waals surface area contributed by atoms with Crippen LogP contribution in [-0.4, -0.2) is 31.7 Å². The van der Waals surface area contributed by atoms with Crippen molar-refractivity contribution in [3.63, 3.8) is 0 Å². The number of hydrogen-bond donors (Lipinski definition) is 1. The molecule has 2 rings (SSSR count). The topological polar surface area (TPSA) is 28.2 Å². The van der Waals surface area contributed by atoms with E-state index in [2.05, 4.69) is 41.3 Å². The quantitative estimate of drug-likeness (QED) is 0.809. The first kappa shape index (κ1) is 10.4. The summed E-state index contributed by atoms with van der Waals surface area (Å²) in [5.41, 5.74) is 1.22. The van der Waals surface area contributed by atoms with Crippen molar-refractivity contribution < 1.29 is 0 Å². The highest BCUT2D eigenvalue weighted by Gasteiger charge is 2.16. The SMILES string of the molecule is Cc1ccc(N(C)C[C@@H]2CCNC2)nc1. The Morgan fingerprint density at radius 2 is 2.40 bits per heavy atom. The number of pyridine rings is 1. The third kappa shape index (κ3) is 2.69. The van der Waals surface area contributed by atoms with Crippen molar-refractivity contribution in [2.75, 3.05) is 31.6 Å². The maximum atomic E-state index is 4.43. The lowest BCUT2D eigenvalue weighted by Crippen LogP contribution is -2.27. The summed E-state index contributed by atoms with van der Waals surface area (Å²) in [6, 6.07) is 4.21. The molecular formula is C12H19N3. The number of aromatic nitrogens is 1. The summed E-state index contributed by atoms with van der Waals surface area (Å²) in [6.45, 7) is 5.48. The van der Waals surface area contributed by atoms with Gasteiger partial charge in [-0.25, -0.2) is 4.98 Å². The second-order valence-electron chi connectivity index (χ2n) is 4.43. The second kappa shape index (κ2) is 4.62. The van der Waals surface area contributed by atoms with Gasteiger partial charge >= 0.3 is 0 Å². The number of rotatable bonds is 3. The molecule has 1 aliphatic heterocycles. The van der Waals surface area contributed by atoms with Crippen molar-refractivity contribution in [2.45, 2.75) is 13.3 Å². The molecule has 0 saturated carbocycles. The Morgan fingerprint density at radius 1 is 1.53 bits per heavy atom. The molecule has 0 spiro atoms. The van der Waals surface area contributed by atoms with Crippen molar-refractivity contribution in [2.24, 2.45) is 5.92 Å². The van der Waals surface area contributed by atoms with E-state index in [0.717, 1.165) is 24.8 Å². The van der Waals surface area contributed by atoms with E-state index in [1.54, 1.807) is 0 Å². The Hall–Kier alpha value is -1.09. The number of nitrogens with one attached hydrogen (secondary N) is 1. The minimum Gasteiger partial charge on any atom is -0.359 e. The lowest BCUT2D eigenvalue weighted by Gasteiger charge is -2.21. The maximum absolute atomic E-state index is 4.43. The smallest absolute Gasteiger partial charge is 0.128 e. The van der Waals surface area contributed by atoms with E-state index in [9.17, 15) is 0 Å². The fraction of sp³-hybridized carbons (Fsp3) is 0.583. The van der Waals surface area contributed by atoms with E-state index in [-0.39, 0.29) is 0 Å². The lowest BCUT2D eigenvalue weighted by atomic mass is 10.1. The first-order chi connectivity index (χ1) is 7.25. The summed E-state index contributed by atoms with van der Waals surface area (Å²) in [5.74, 6) is 1.85. The monoisotopic (exact) mass is 205 g/mol. The Bertz CT molecular complexity index is 301. The van der Waals surface area contributed by atoms with Gasteiger partial charge in [0.25, 0.3) is 0 Å². The van der Waals surface area contributed by atoms with Crippen molar-refractivity contribution in [1.29, 1.82) is 0 Å². The van der Waals surface area contributed by atoms with Crippen LogP contribution in [0.5, 0.6) is 0 Å². The molecule has 0 unspecified atom stereocenters. The summed E-state index contributed by atoms with van der Waals surface area (Å²) >= 11 is 0. The van der Waals surface area contributed by atoms with Crippen LogP contribution in [0.1, 0.15) is 12.0 Å². The number of anilines is 1. The van der Waals surface area contributed by atoms with Crippen LogP contribution in [0.2, 0.25) is 0 Å². The van der Waals surface area contributed by atoms with Crippen molar-refractivity contribution in [3.05, 3.63) is 23.9 Å². The van der Waals surface area contributed by atoms with Crippen molar-refractivity contribution >= 4 is 5.82 Å². The zero-order chi connectivity index (χ0) is 10.7. The minimum atomic E-state index is 0.776. The Labute approximate surface area is 91.5 Å². The molecule has 1 saturated heterocycles. The van der Waals surface area contributed by atoms with E-state index in [0.29, 0.717) is 0 Å². The number of hydrogen-bond acceptors (Lipinski definition) is 3. The Kier molecular flexibility index (Phi) is 3.21. The third-order valence-electron chi connectivity index (χ3n) is 2.98. The van der Waals surface area contributed by atoms with Gasteiger partial charge in [0.2, 0.25) is 0 Å². The number of nitrogens with zero attached hydrogens (tertiary/aromatic N) is 2. The first-order valence-electron chi connectivity index (χ1n) is 5.60. The van der Waals surface area contributed by atoms with E-state index in [1.165, 1.54) is 18.5 Å². The van der Waals surface area contributed by atoms with Gasteiger partial charge in [-0.05, 0) is 44.0 Å². The van der Waals surface area contributed by atoms with E-state index >= 15 is 0 Å². The molecule has 0 bridgehead atoms. The van der Waals surface area contributed by atoms with Gasteiger partial charge in [0.15, 0.2) is 0 Å². The summed E-state index contributed by atoms with van der Waals surface area (Å²) in [6.07, 6.45) is 3.22. The van der Waals surface area contributed by atoms with Crippen LogP contribution in [0.15, 0.2) is 18.3 Å². The predicted molar refractivity (Wildman–Crippen MR) is 63.2 cm³/mol. The van der Waals surface area contributed by atoms with Crippen LogP contribution in [0.3, 0.4) is 0 Å². The summed E-state index contributed by atoms with van der Waals surface area (Å²) in [7, 11) is 2.12. The molecule has 0 aliphatic carbocycles. The third-order valence-corrected chi connectivity index (χ3v) is 2.98. The molecule has 0 radical (unpaired) electrons. The molecule has 1 N–H and O–H groups in total. The molecule has 15 heavy (non-hydrogen) atoms. The van der Waals surface area contributed by atoms with Crippen molar-refractivity contribution in [3.8, 4) is 0 Å². The molecule has 1 aliphatic rings. The average molecular weight is 205 g/mol. The molecule has 82 valence electrons. The largest absolute Gasteiger partial charge is 0.359 e. The van der Waals surface area contributed by atoms with Gasteiger partial charge in [-0.3, -0.25) is 0 Å². The van der Waals surface area contributed by atoms with Gasteiger partial charge in [-0.2, -0.15) is 0 Å². The van der Waals surface area contributed by atoms with Crippen molar-refractivity contribution in [1.82, 2.24) is 10.3 Å². The molecule has 3 heteroatoms. The Morgan fingerprint density at radius 3 is 3.00 bits per heavy atom. The molecule has 1 aromatic rings. The molecule has 0 amide bonds. The van der Waals surface area contributed by atoms with E-state index < -0.39 is 0 Å². The highest BCUT2D eigenvalue weighted by molar-refractivity contribution is 5.38. The molecule has 2 heterocycles. The van der Waals surface area contributed by atoms with Gasteiger partial charge in [0.1, 0.15) is 5.82 Å². The van der Waals surface area contributed by atoms with E-state index in [4.69, 9.17) is 0 Å². The van der Waals surface area contributed by atoms with Gasteiger partial charge in [0, 0.05) is 19.8 Å². The maximum Gasteiger partial charge on any atom is 0.128 e. The highest BCUT2D eigenvalue weighted by Crippen LogP contribution is 2.14. The normalized spacial score (nSPS) is 20.5. The predicted octanol–water partition coefficient (Wildman–Crippen LogP) is 1.44. The van der Waals surface area contributed by atoms with Crippen LogP contribution >= 0.6 is 0 Å². The summed E-state index contributed by atoms with van der Waals surface area (Å²) in [4.78, 5) is 6.67. The summed E-state index contributed by atoms with van der Waals surface area (Å²) in [5, 5.41) is 3.39. The zero-order valence-corrected chi connectivity index (χ0v) is 9.53. The van der Waals surface area contributed by atoms with E-state index in [1.807, 2.05) is 6.20 Å². The summed E-state index contributed by atoms with van der Waals surface area (Å²) < 4.78 is 0. The van der Waals surface area contributed by atoms with Crippen LogP contribution in [0.25, 0.3) is 0 Å². The van der Waals surface area contributed by atoms with Gasteiger partial charge in [0.05, 0.1) is 0 Å². The van der Waals surface area contributed by atoms with Crippen LogP contribution in [0.4, 0.5) is 5.82 Å². The molecular weight excluding hydrogens is 186 g/mol. The fourth-order valence-corrected chi connectivity index (χ4v) is 2.04. The van der Waals surface area contributed by atoms with Gasteiger partial charge in [-0.15, -0.1) is 0 Å². The molecule has 3 nitrogen and oxygen atoms in total. The fourth-order valence-electron chi connectivity index (χ4n) is 2.04. The lowest BCUT2D eigenvalue weighted by molar-refractivity contribution is 0.576. The zero-order valence-electron chi connectivity index (χ0n) is 9.53. The number of aryl methyl sites for hydroxylation is 1. The highest BCUT2D eigenvalue weighted by atomic mass is 15.2. The standard InChI is InChI=1S/C12H19N3/c1-10-3-4-12(14-7-10)15(2)9-11-5-6-13-8-11/h3-4,7,11,13H,5-6,8-9H2,1-2H3/t11-/m1/s1. The van der Waals surface area contributed by atoms with Crippen LogP contribution in [-0.2, 0) is 0 Å². The van der Waals surface area contributed by atoms with Gasteiger partial charge < -0.3 is 10.2 Å².